The summed E-state index contributed by atoms with van der Waals surface area (Å²) in [5.41, 5.74) is 0. The zero-order chi connectivity index (χ0) is 11.0. The van der Waals surface area contributed by atoms with Gasteiger partial charge in [-0.15, -0.1) is 0 Å². The van der Waals surface area contributed by atoms with Crippen LogP contribution >= 0.6 is 0 Å². The first kappa shape index (κ1) is 13.0. The fourth-order valence-corrected chi connectivity index (χ4v) is 1.18. The highest BCUT2D eigenvalue weighted by atomic mass is 16.1. The van der Waals surface area contributed by atoms with Gasteiger partial charge < -0.3 is 9.59 Å². The molecule has 3 heteroatoms. The Morgan fingerprint density at radius 1 is 1.21 bits per heavy atom. The third kappa shape index (κ3) is 5.62. The predicted octanol–water partition coefficient (Wildman–Crippen LogP) is 1.79. The Balaban J connectivity index is 3.77. The number of ketones is 1. The molecule has 0 amide bonds. The second-order valence-corrected chi connectivity index (χ2v) is 3.80. The van der Waals surface area contributed by atoms with Crippen molar-refractivity contribution in [2.75, 3.05) is 0 Å². The molecule has 0 rings (SSSR count). The lowest BCUT2D eigenvalue weighted by atomic mass is 9.95. The maximum Gasteiger partial charge on any atom is 0.135 e. The Morgan fingerprint density at radius 2 is 1.86 bits per heavy atom. The number of hydrogen-bond acceptors (Lipinski definition) is 3. The van der Waals surface area contributed by atoms with Crippen molar-refractivity contribution in [1.29, 1.82) is 0 Å². The third-order valence-corrected chi connectivity index (χ3v) is 2.25. The molecule has 0 heterocycles. The first-order chi connectivity index (χ1) is 6.61. The van der Waals surface area contributed by atoms with Gasteiger partial charge >= 0.3 is 0 Å². The minimum Gasteiger partial charge on any atom is -0.303 e. The van der Waals surface area contributed by atoms with E-state index in [-0.39, 0.29) is 17.6 Å². The Labute approximate surface area is 84.9 Å². The second kappa shape index (κ2) is 7.42. The molecule has 0 saturated carbocycles. The van der Waals surface area contributed by atoms with E-state index in [9.17, 15) is 14.4 Å². The van der Waals surface area contributed by atoms with Gasteiger partial charge in [-0.2, -0.15) is 0 Å². The second-order valence-electron chi connectivity index (χ2n) is 3.80. The Morgan fingerprint density at radius 3 is 2.29 bits per heavy atom. The Bertz CT molecular complexity index is 197. The fraction of sp³-hybridized carbons (Fsp3) is 0.727. The van der Waals surface area contributed by atoms with Gasteiger partial charge in [0.05, 0.1) is 0 Å². The van der Waals surface area contributed by atoms with Crippen LogP contribution < -0.4 is 0 Å². The van der Waals surface area contributed by atoms with Crippen LogP contribution in [0.2, 0.25) is 0 Å². The highest BCUT2D eigenvalue weighted by molar-refractivity contribution is 5.80. The van der Waals surface area contributed by atoms with E-state index in [0.29, 0.717) is 25.7 Å². The Hall–Kier alpha value is -0.990. The van der Waals surface area contributed by atoms with E-state index in [1.54, 1.807) is 0 Å². The van der Waals surface area contributed by atoms with E-state index >= 15 is 0 Å². The molecule has 0 fully saturated rings. The smallest absolute Gasteiger partial charge is 0.135 e. The number of carbonyl (C=O) groups is 3. The number of carbonyl (C=O) groups excluding carboxylic acids is 3. The van der Waals surface area contributed by atoms with Crippen LogP contribution in [0, 0.1) is 11.8 Å². The van der Waals surface area contributed by atoms with Gasteiger partial charge in [0.1, 0.15) is 18.4 Å². The van der Waals surface area contributed by atoms with Gasteiger partial charge in [-0.1, -0.05) is 13.8 Å². The SMILES string of the molecule is CC(C)C(=O)CCC(C=O)CCC=O. The molecule has 0 aliphatic rings. The number of Topliss-reactive ketones (excluding diaryl/α,β-unsaturated/α-hetero) is 1. The summed E-state index contributed by atoms with van der Waals surface area (Å²) >= 11 is 0. The van der Waals surface area contributed by atoms with Crippen molar-refractivity contribution in [3.8, 4) is 0 Å². The largest absolute Gasteiger partial charge is 0.303 e. The summed E-state index contributed by atoms with van der Waals surface area (Å²) in [5.74, 6) is 0.0826. The number of aldehydes is 2. The van der Waals surface area contributed by atoms with Crippen LogP contribution in [0.15, 0.2) is 0 Å². The summed E-state index contributed by atoms with van der Waals surface area (Å²) in [7, 11) is 0. The van der Waals surface area contributed by atoms with Crippen LogP contribution in [-0.4, -0.2) is 18.4 Å². The van der Waals surface area contributed by atoms with Gasteiger partial charge in [0.15, 0.2) is 0 Å². The van der Waals surface area contributed by atoms with Crippen molar-refractivity contribution >= 4 is 18.4 Å². The quantitative estimate of drug-likeness (QED) is 0.559. The molecule has 0 radical (unpaired) electrons. The molecule has 0 bridgehead atoms. The summed E-state index contributed by atoms with van der Waals surface area (Å²) in [6.07, 6.45) is 3.64. The van der Waals surface area contributed by atoms with Gasteiger partial charge in [0.25, 0.3) is 0 Å². The minimum absolute atomic E-state index is 0.0355. The summed E-state index contributed by atoms with van der Waals surface area (Å²) < 4.78 is 0. The Kier molecular flexibility index (Phi) is 6.89. The highest BCUT2D eigenvalue weighted by Crippen LogP contribution is 2.12. The molecule has 1 unspecified atom stereocenters. The van der Waals surface area contributed by atoms with Crippen LogP contribution in [0.4, 0.5) is 0 Å². The van der Waals surface area contributed by atoms with Crippen molar-refractivity contribution in [3.05, 3.63) is 0 Å². The molecular weight excluding hydrogens is 180 g/mol. The number of rotatable bonds is 8. The molecule has 0 aliphatic heterocycles. The van der Waals surface area contributed by atoms with E-state index in [4.69, 9.17) is 0 Å². The molecule has 3 nitrogen and oxygen atoms in total. The molecule has 0 aromatic carbocycles. The normalized spacial score (nSPS) is 12.5. The standard InChI is InChI=1S/C11H18O3/c1-9(2)11(14)6-5-10(8-13)4-3-7-12/h7-10H,3-6H2,1-2H3. The monoisotopic (exact) mass is 198 g/mol. The zero-order valence-corrected chi connectivity index (χ0v) is 8.86. The predicted molar refractivity (Wildman–Crippen MR) is 53.9 cm³/mol. The van der Waals surface area contributed by atoms with Crippen LogP contribution in [0.1, 0.15) is 39.5 Å². The minimum atomic E-state index is -0.136. The van der Waals surface area contributed by atoms with Crippen LogP contribution in [0.5, 0.6) is 0 Å². The lowest BCUT2D eigenvalue weighted by Gasteiger charge is -2.08. The van der Waals surface area contributed by atoms with Crippen LogP contribution in [-0.2, 0) is 14.4 Å². The van der Waals surface area contributed by atoms with Crippen molar-refractivity contribution in [3.63, 3.8) is 0 Å². The van der Waals surface area contributed by atoms with E-state index in [1.165, 1.54) is 0 Å². The molecule has 0 spiro atoms. The van der Waals surface area contributed by atoms with Gasteiger partial charge in [0.2, 0.25) is 0 Å². The molecule has 0 aromatic heterocycles. The molecular formula is C11H18O3. The van der Waals surface area contributed by atoms with Crippen molar-refractivity contribution in [2.45, 2.75) is 39.5 Å². The maximum atomic E-state index is 11.3. The summed E-state index contributed by atoms with van der Waals surface area (Å²) in [6, 6.07) is 0. The van der Waals surface area contributed by atoms with E-state index in [2.05, 4.69) is 0 Å². The molecule has 1 atom stereocenters. The topological polar surface area (TPSA) is 51.2 Å². The average molecular weight is 198 g/mol. The van der Waals surface area contributed by atoms with E-state index in [1.807, 2.05) is 13.8 Å². The lowest BCUT2D eigenvalue weighted by molar-refractivity contribution is -0.122. The number of hydrogen-bond donors (Lipinski definition) is 0. The lowest BCUT2D eigenvalue weighted by Crippen LogP contribution is -2.11. The van der Waals surface area contributed by atoms with Gasteiger partial charge in [-0.3, -0.25) is 4.79 Å². The highest BCUT2D eigenvalue weighted by Gasteiger charge is 2.12. The maximum absolute atomic E-state index is 11.3. The molecule has 0 N–H and O–H groups in total. The van der Waals surface area contributed by atoms with Crippen molar-refractivity contribution < 1.29 is 14.4 Å². The summed E-state index contributed by atoms with van der Waals surface area (Å²) in [6.45, 7) is 3.70. The first-order valence-electron chi connectivity index (χ1n) is 5.03. The van der Waals surface area contributed by atoms with Gasteiger partial charge in [0, 0.05) is 24.7 Å². The zero-order valence-electron chi connectivity index (χ0n) is 8.86. The van der Waals surface area contributed by atoms with Crippen molar-refractivity contribution in [2.24, 2.45) is 11.8 Å². The summed E-state index contributed by atoms with van der Waals surface area (Å²) in [5, 5.41) is 0. The average Bonchev–Trinajstić information content (AvgIpc) is 2.17. The molecule has 0 aromatic rings. The molecule has 0 saturated heterocycles. The fourth-order valence-electron chi connectivity index (χ4n) is 1.18. The van der Waals surface area contributed by atoms with Crippen molar-refractivity contribution in [1.82, 2.24) is 0 Å². The van der Waals surface area contributed by atoms with Crippen LogP contribution in [0.25, 0.3) is 0 Å². The third-order valence-electron chi connectivity index (χ3n) is 2.25. The molecule has 0 aliphatic carbocycles. The van der Waals surface area contributed by atoms with E-state index < -0.39 is 0 Å². The van der Waals surface area contributed by atoms with Gasteiger partial charge in [-0.25, -0.2) is 0 Å². The molecule has 80 valence electrons. The van der Waals surface area contributed by atoms with E-state index in [0.717, 1.165) is 12.6 Å². The molecule has 14 heavy (non-hydrogen) atoms. The summed E-state index contributed by atoms with van der Waals surface area (Å²) in [4.78, 5) is 31.9. The van der Waals surface area contributed by atoms with Gasteiger partial charge in [-0.05, 0) is 12.8 Å². The van der Waals surface area contributed by atoms with Crippen LogP contribution in [0.3, 0.4) is 0 Å². The first-order valence-corrected chi connectivity index (χ1v) is 5.03.